The fourth-order valence-corrected chi connectivity index (χ4v) is 2.81. The summed E-state index contributed by atoms with van der Waals surface area (Å²) in [5, 5.41) is 0. The fourth-order valence-electron chi connectivity index (χ4n) is 2.13. The van der Waals surface area contributed by atoms with Crippen molar-refractivity contribution in [2.24, 2.45) is 0 Å². The van der Waals surface area contributed by atoms with Crippen LogP contribution in [0.4, 0.5) is 5.69 Å². The first-order valence-corrected chi connectivity index (χ1v) is 6.93. The molecule has 2 rings (SSSR count). The lowest BCUT2D eigenvalue weighted by molar-refractivity contribution is 0.0601. The Bertz CT molecular complexity index is 414. The number of esters is 1. The highest BCUT2D eigenvalue weighted by atomic mass is 127. The first-order valence-electron chi connectivity index (χ1n) is 5.85. The molecule has 0 aliphatic carbocycles. The van der Waals surface area contributed by atoms with E-state index in [9.17, 15) is 4.79 Å². The van der Waals surface area contributed by atoms with Gasteiger partial charge in [0.1, 0.15) is 0 Å². The number of carbonyl (C=O) groups is 1. The minimum absolute atomic E-state index is 0.264. The average molecular weight is 345 g/mol. The average Bonchev–Trinajstić information content (AvgIpc) is 2.39. The highest BCUT2D eigenvalue weighted by Gasteiger charge is 2.16. The Labute approximate surface area is 115 Å². The zero-order chi connectivity index (χ0) is 12.3. The molecule has 92 valence electrons. The predicted molar refractivity (Wildman–Crippen MR) is 76.6 cm³/mol. The van der Waals surface area contributed by atoms with E-state index in [0.29, 0.717) is 5.56 Å². The molecule has 1 aliphatic rings. The van der Waals surface area contributed by atoms with E-state index < -0.39 is 0 Å². The zero-order valence-electron chi connectivity index (χ0n) is 9.91. The number of nitrogens with zero attached hydrogens (tertiary/aromatic N) is 1. The van der Waals surface area contributed by atoms with Crippen molar-refractivity contribution in [3.63, 3.8) is 0 Å². The van der Waals surface area contributed by atoms with Crippen molar-refractivity contribution < 1.29 is 9.53 Å². The molecule has 17 heavy (non-hydrogen) atoms. The van der Waals surface area contributed by atoms with Crippen molar-refractivity contribution in [1.82, 2.24) is 0 Å². The highest BCUT2D eigenvalue weighted by molar-refractivity contribution is 14.1. The fraction of sp³-hybridized carbons (Fsp3) is 0.462. The molecule has 0 saturated carbocycles. The van der Waals surface area contributed by atoms with Crippen molar-refractivity contribution >= 4 is 34.2 Å². The van der Waals surface area contributed by atoms with Gasteiger partial charge >= 0.3 is 5.97 Å². The third-order valence-corrected chi connectivity index (χ3v) is 3.98. The van der Waals surface area contributed by atoms with E-state index in [0.717, 1.165) is 18.8 Å². The minimum Gasteiger partial charge on any atom is -0.465 e. The van der Waals surface area contributed by atoms with Gasteiger partial charge in [0.2, 0.25) is 0 Å². The molecule has 1 aromatic carbocycles. The quantitative estimate of drug-likeness (QED) is 0.610. The molecule has 0 amide bonds. The van der Waals surface area contributed by atoms with Crippen LogP contribution in [0, 0.1) is 3.57 Å². The van der Waals surface area contributed by atoms with Gasteiger partial charge in [-0.25, -0.2) is 4.79 Å². The molecule has 1 heterocycles. The molecular weight excluding hydrogens is 329 g/mol. The first kappa shape index (κ1) is 12.7. The molecule has 1 aromatic rings. The Morgan fingerprint density at radius 3 is 2.65 bits per heavy atom. The van der Waals surface area contributed by atoms with Gasteiger partial charge in [0.05, 0.1) is 18.4 Å². The largest absolute Gasteiger partial charge is 0.465 e. The number of ether oxygens (including phenoxy) is 1. The highest BCUT2D eigenvalue weighted by Crippen LogP contribution is 2.27. The third kappa shape index (κ3) is 2.91. The van der Waals surface area contributed by atoms with Gasteiger partial charge in [0.15, 0.2) is 0 Å². The molecule has 0 spiro atoms. The molecule has 0 radical (unpaired) electrons. The van der Waals surface area contributed by atoms with Crippen LogP contribution in [-0.4, -0.2) is 26.2 Å². The number of anilines is 1. The van der Waals surface area contributed by atoms with Crippen LogP contribution >= 0.6 is 22.6 Å². The second-order valence-electron chi connectivity index (χ2n) is 4.21. The normalized spacial score (nSPS) is 15.8. The maximum absolute atomic E-state index is 11.5. The molecule has 4 heteroatoms. The monoisotopic (exact) mass is 345 g/mol. The number of rotatable bonds is 2. The van der Waals surface area contributed by atoms with Crippen LogP contribution in [0.25, 0.3) is 0 Å². The molecule has 3 nitrogen and oxygen atoms in total. The van der Waals surface area contributed by atoms with Gasteiger partial charge in [0, 0.05) is 16.7 Å². The molecule has 1 fully saturated rings. The Hall–Kier alpha value is -0.780. The van der Waals surface area contributed by atoms with Crippen LogP contribution in [0.3, 0.4) is 0 Å². The van der Waals surface area contributed by atoms with E-state index in [2.05, 4.69) is 27.5 Å². The summed E-state index contributed by atoms with van der Waals surface area (Å²) in [4.78, 5) is 13.9. The molecule has 1 saturated heterocycles. The summed E-state index contributed by atoms with van der Waals surface area (Å²) in [7, 11) is 1.42. The van der Waals surface area contributed by atoms with E-state index in [1.54, 1.807) is 0 Å². The Balaban J connectivity index is 2.28. The Morgan fingerprint density at radius 2 is 2.00 bits per heavy atom. The number of piperidine rings is 1. The lowest BCUT2D eigenvalue weighted by Crippen LogP contribution is -2.30. The van der Waals surface area contributed by atoms with Crippen LogP contribution in [0.2, 0.25) is 0 Å². The zero-order valence-corrected chi connectivity index (χ0v) is 12.1. The van der Waals surface area contributed by atoms with Gasteiger partial charge in [-0.15, -0.1) is 0 Å². The number of hydrogen-bond acceptors (Lipinski definition) is 3. The summed E-state index contributed by atoms with van der Waals surface area (Å²) in [6, 6.07) is 5.75. The van der Waals surface area contributed by atoms with Crippen molar-refractivity contribution in [2.75, 3.05) is 25.1 Å². The van der Waals surface area contributed by atoms with Gasteiger partial charge in [-0.3, -0.25) is 0 Å². The van der Waals surface area contributed by atoms with E-state index in [-0.39, 0.29) is 5.97 Å². The minimum atomic E-state index is -0.264. The number of carbonyl (C=O) groups excluding carboxylic acids is 1. The molecule has 0 atom stereocenters. The summed E-state index contributed by atoms with van der Waals surface area (Å²) >= 11 is 2.32. The molecule has 0 bridgehead atoms. The SMILES string of the molecule is COC(=O)c1ccc(I)c(N2CCCCC2)c1. The molecule has 1 aliphatic heterocycles. The summed E-state index contributed by atoms with van der Waals surface area (Å²) in [5.74, 6) is -0.264. The molecule has 0 N–H and O–H groups in total. The summed E-state index contributed by atoms with van der Waals surface area (Å²) < 4.78 is 5.95. The van der Waals surface area contributed by atoms with Gasteiger partial charge < -0.3 is 9.64 Å². The number of halogens is 1. The van der Waals surface area contributed by atoms with Crippen LogP contribution < -0.4 is 4.90 Å². The maximum atomic E-state index is 11.5. The summed E-state index contributed by atoms with van der Waals surface area (Å²) in [6.07, 6.45) is 3.78. The summed E-state index contributed by atoms with van der Waals surface area (Å²) in [6.45, 7) is 2.17. The van der Waals surface area contributed by atoms with Gasteiger partial charge in [-0.2, -0.15) is 0 Å². The first-order chi connectivity index (χ1) is 8.22. The topological polar surface area (TPSA) is 29.5 Å². The van der Waals surface area contributed by atoms with E-state index in [4.69, 9.17) is 4.74 Å². The van der Waals surface area contributed by atoms with Crippen LogP contribution in [0.15, 0.2) is 18.2 Å². The van der Waals surface area contributed by atoms with Crippen molar-refractivity contribution in [2.45, 2.75) is 19.3 Å². The predicted octanol–water partition coefficient (Wildman–Crippen LogP) is 3.07. The molecular formula is C13H16INO2. The van der Waals surface area contributed by atoms with Gasteiger partial charge in [-0.05, 0) is 60.1 Å². The lowest BCUT2D eigenvalue weighted by Gasteiger charge is -2.29. The van der Waals surface area contributed by atoms with Crippen LogP contribution in [0.5, 0.6) is 0 Å². The Morgan fingerprint density at radius 1 is 1.29 bits per heavy atom. The van der Waals surface area contributed by atoms with Crippen LogP contribution in [0.1, 0.15) is 29.6 Å². The second kappa shape index (κ2) is 5.71. The third-order valence-electron chi connectivity index (χ3n) is 3.06. The number of hydrogen-bond donors (Lipinski definition) is 0. The summed E-state index contributed by atoms with van der Waals surface area (Å²) in [5.41, 5.74) is 1.79. The smallest absolute Gasteiger partial charge is 0.337 e. The van der Waals surface area contributed by atoms with E-state index in [1.807, 2.05) is 18.2 Å². The molecule has 0 aromatic heterocycles. The standard InChI is InChI=1S/C13H16INO2/c1-17-13(16)10-5-6-11(14)12(9-10)15-7-3-2-4-8-15/h5-6,9H,2-4,7-8H2,1H3. The molecule has 0 unspecified atom stereocenters. The lowest BCUT2D eigenvalue weighted by atomic mass is 10.1. The van der Waals surface area contributed by atoms with E-state index in [1.165, 1.54) is 29.9 Å². The number of benzene rings is 1. The Kier molecular flexibility index (Phi) is 4.25. The maximum Gasteiger partial charge on any atom is 0.337 e. The number of methoxy groups -OCH3 is 1. The van der Waals surface area contributed by atoms with Crippen molar-refractivity contribution in [1.29, 1.82) is 0 Å². The van der Waals surface area contributed by atoms with E-state index >= 15 is 0 Å². The second-order valence-corrected chi connectivity index (χ2v) is 5.37. The van der Waals surface area contributed by atoms with Crippen molar-refractivity contribution in [3.8, 4) is 0 Å². The van der Waals surface area contributed by atoms with Crippen molar-refractivity contribution in [3.05, 3.63) is 27.3 Å². The van der Waals surface area contributed by atoms with Crippen LogP contribution in [-0.2, 0) is 4.74 Å². The van der Waals surface area contributed by atoms with Gasteiger partial charge in [-0.1, -0.05) is 0 Å². The van der Waals surface area contributed by atoms with Gasteiger partial charge in [0.25, 0.3) is 0 Å².